The standard InChI is InChI=1S/C12H18N2.C6H7N.2C2H6/c1-11-3-5-12(6-4-11)14-9-7-13(2)8-10-14;1-6-3-2-4-7-5-6;2*1-2/h3-6H,7-10H2,1-2H3;2-5H,1H3;2*1-2H3. The molecule has 0 atom stereocenters. The van der Waals surface area contributed by atoms with E-state index in [2.05, 4.69) is 53.0 Å². The van der Waals surface area contributed by atoms with Gasteiger partial charge in [-0.1, -0.05) is 51.5 Å². The number of aromatic nitrogens is 1. The molecule has 140 valence electrons. The van der Waals surface area contributed by atoms with Crippen molar-refractivity contribution in [3.05, 3.63) is 59.9 Å². The van der Waals surface area contributed by atoms with Crippen LogP contribution >= 0.6 is 0 Å². The number of pyridine rings is 1. The van der Waals surface area contributed by atoms with Gasteiger partial charge in [-0.15, -0.1) is 0 Å². The molecule has 0 saturated carbocycles. The highest BCUT2D eigenvalue weighted by molar-refractivity contribution is 5.47. The maximum absolute atomic E-state index is 3.88. The Kier molecular flexibility index (Phi) is 13.4. The Hall–Kier alpha value is -1.87. The first-order valence-electron chi connectivity index (χ1n) is 9.52. The topological polar surface area (TPSA) is 19.4 Å². The first-order chi connectivity index (χ1) is 12.1. The fourth-order valence-electron chi connectivity index (χ4n) is 2.27. The van der Waals surface area contributed by atoms with Gasteiger partial charge >= 0.3 is 0 Å². The van der Waals surface area contributed by atoms with Crippen molar-refractivity contribution in [2.45, 2.75) is 41.5 Å². The van der Waals surface area contributed by atoms with Gasteiger partial charge < -0.3 is 9.80 Å². The summed E-state index contributed by atoms with van der Waals surface area (Å²) in [6.45, 7) is 16.8. The van der Waals surface area contributed by atoms with E-state index in [1.54, 1.807) is 6.20 Å². The lowest BCUT2D eigenvalue weighted by Crippen LogP contribution is -2.44. The Balaban J connectivity index is 0.000000441. The maximum Gasteiger partial charge on any atom is 0.0367 e. The van der Waals surface area contributed by atoms with Crippen LogP contribution in [0.4, 0.5) is 5.69 Å². The lowest BCUT2D eigenvalue weighted by molar-refractivity contribution is 0.313. The highest BCUT2D eigenvalue weighted by Crippen LogP contribution is 2.16. The van der Waals surface area contributed by atoms with Crippen molar-refractivity contribution in [2.24, 2.45) is 0 Å². The molecule has 0 unspecified atom stereocenters. The number of rotatable bonds is 1. The molecule has 3 nitrogen and oxygen atoms in total. The van der Waals surface area contributed by atoms with Crippen molar-refractivity contribution in [2.75, 3.05) is 38.1 Å². The average molecular weight is 344 g/mol. The zero-order valence-corrected chi connectivity index (χ0v) is 17.3. The molecule has 0 N–H and O–H groups in total. The van der Waals surface area contributed by atoms with E-state index in [-0.39, 0.29) is 0 Å². The molecule has 1 aliphatic rings. The van der Waals surface area contributed by atoms with Gasteiger partial charge in [0.25, 0.3) is 0 Å². The van der Waals surface area contributed by atoms with E-state index in [1.807, 2.05) is 52.9 Å². The van der Waals surface area contributed by atoms with Gasteiger partial charge in [0.15, 0.2) is 0 Å². The van der Waals surface area contributed by atoms with Crippen LogP contribution in [0, 0.1) is 13.8 Å². The second-order valence-corrected chi connectivity index (χ2v) is 5.66. The number of piperazine rings is 1. The van der Waals surface area contributed by atoms with Crippen molar-refractivity contribution in [1.29, 1.82) is 0 Å². The van der Waals surface area contributed by atoms with Crippen LogP contribution in [0.1, 0.15) is 38.8 Å². The number of anilines is 1. The average Bonchev–Trinajstić information content (AvgIpc) is 2.68. The molecule has 1 saturated heterocycles. The molecular weight excluding hydrogens is 306 g/mol. The van der Waals surface area contributed by atoms with Gasteiger partial charge in [0, 0.05) is 44.3 Å². The second kappa shape index (κ2) is 14.5. The van der Waals surface area contributed by atoms with Crippen LogP contribution in [0.2, 0.25) is 0 Å². The molecule has 0 spiro atoms. The minimum atomic E-state index is 1.15. The fourth-order valence-corrected chi connectivity index (χ4v) is 2.27. The third kappa shape index (κ3) is 9.88. The highest BCUT2D eigenvalue weighted by atomic mass is 15.2. The summed E-state index contributed by atoms with van der Waals surface area (Å²) in [6, 6.07) is 12.8. The maximum atomic E-state index is 3.88. The SMILES string of the molecule is CC.CC.Cc1ccc(N2CCN(C)CC2)cc1.Cc1cccnc1. The first kappa shape index (κ1) is 23.1. The van der Waals surface area contributed by atoms with Gasteiger partial charge in [-0.25, -0.2) is 0 Å². The van der Waals surface area contributed by atoms with Crippen molar-refractivity contribution < 1.29 is 0 Å². The second-order valence-electron chi connectivity index (χ2n) is 5.66. The van der Waals surface area contributed by atoms with E-state index in [0.717, 1.165) is 13.1 Å². The zero-order chi connectivity index (χ0) is 19.1. The number of hydrogen-bond donors (Lipinski definition) is 0. The third-order valence-electron chi connectivity index (χ3n) is 3.71. The molecule has 1 aromatic heterocycles. The minimum absolute atomic E-state index is 1.15. The summed E-state index contributed by atoms with van der Waals surface area (Å²) in [5.74, 6) is 0. The van der Waals surface area contributed by atoms with Crippen molar-refractivity contribution in [1.82, 2.24) is 9.88 Å². The molecule has 3 heteroatoms. The summed E-state index contributed by atoms with van der Waals surface area (Å²) in [6.07, 6.45) is 3.60. The van der Waals surface area contributed by atoms with Gasteiger partial charge in [0.05, 0.1) is 0 Å². The van der Waals surface area contributed by atoms with E-state index >= 15 is 0 Å². The predicted octanol–water partition coefficient (Wildman–Crippen LogP) is 5.19. The van der Waals surface area contributed by atoms with E-state index in [0.29, 0.717) is 0 Å². The van der Waals surface area contributed by atoms with E-state index in [1.165, 1.54) is 29.9 Å². The molecule has 3 rings (SSSR count). The van der Waals surface area contributed by atoms with Crippen LogP contribution in [0.3, 0.4) is 0 Å². The van der Waals surface area contributed by atoms with Crippen molar-refractivity contribution in [3.8, 4) is 0 Å². The largest absolute Gasteiger partial charge is 0.369 e. The van der Waals surface area contributed by atoms with Gasteiger partial charge in [0.2, 0.25) is 0 Å². The number of aryl methyl sites for hydroxylation is 2. The van der Waals surface area contributed by atoms with Crippen molar-refractivity contribution in [3.63, 3.8) is 0 Å². The summed E-state index contributed by atoms with van der Waals surface area (Å²) >= 11 is 0. The van der Waals surface area contributed by atoms with Crippen LogP contribution in [-0.4, -0.2) is 43.1 Å². The summed E-state index contributed by atoms with van der Waals surface area (Å²) in [7, 11) is 2.19. The lowest BCUT2D eigenvalue weighted by atomic mass is 10.2. The van der Waals surface area contributed by atoms with Crippen LogP contribution in [-0.2, 0) is 0 Å². The molecule has 2 heterocycles. The van der Waals surface area contributed by atoms with Gasteiger partial charge in [-0.2, -0.15) is 0 Å². The first-order valence-corrected chi connectivity index (χ1v) is 9.52. The van der Waals surface area contributed by atoms with Crippen LogP contribution < -0.4 is 4.90 Å². The molecule has 2 aromatic rings. The van der Waals surface area contributed by atoms with Crippen molar-refractivity contribution >= 4 is 5.69 Å². The molecule has 0 bridgehead atoms. The molecule has 1 fully saturated rings. The van der Waals surface area contributed by atoms with Gasteiger partial charge in [0.1, 0.15) is 0 Å². The smallest absolute Gasteiger partial charge is 0.0367 e. The summed E-state index contributed by atoms with van der Waals surface area (Å²) < 4.78 is 0. The molecule has 0 radical (unpaired) electrons. The molecule has 25 heavy (non-hydrogen) atoms. The Morgan fingerprint density at radius 3 is 1.72 bits per heavy atom. The normalized spacial score (nSPS) is 13.3. The van der Waals surface area contributed by atoms with Crippen LogP contribution in [0.25, 0.3) is 0 Å². The number of nitrogens with zero attached hydrogens (tertiary/aromatic N) is 3. The van der Waals surface area contributed by atoms with Gasteiger partial charge in [-0.05, 0) is 44.7 Å². The van der Waals surface area contributed by atoms with E-state index < -0.39 is 0 Å². The highest BCUT2D eigenvalue weighted by Gasteiger charge is 2.13. The number of hydrogen-bond acceptors (Lipinski definition) is 3. The van der Waals surface area contributed by atoms with Gasteiger partial charge in [-0.3, -0.25) is 4.98 Å². The van der Waals surface area contributed by atoms with E-state index in [9.17, 15) is 0 Å². The predicted molar refractivity (Wildman–Crippen MR) is 113 cm³/mol. The molecule has 1 aliphatic heterocycles. The van der Waals surface area contributed by atoms with Crippen LogP contribution in [0.5, 0.6) is 0 Å². The number of benzene rings is 1. The lowest BCUT2D eigenvalue weighted by Gasteiger charge is -2.34. The fraction of sp³-hybridized carbons (Fsp3) is 0.500. The zero-order valence-electron chi connectivity index (χ0n) is 17.3. The third-order valence-corrected chi connectivity index (χ3v) is 3.71. The minimum Gasteiger partial charge on any atom is -0.369 e. The Bertz CT molecular complexity index is 515. The van der Waals surface area contributed by atoms with Crippen LogP contribution in [0.15, 0.2) is 48.8 Å². The van der Waals surface area contributed by atoms with E-state index in [4.69, 9.17) is 0 Å². The Morgan fingerprint density at radius 1 is 0.760 bits per heavy atom. The Labute approximate surface area is 155 Å². The monoisotopic (exact) mass is 343 g/mol. The summed E-state index contributed by atoms with van der Waals surface area (Å²) in [5, 5.41) is 0. The molecular formula is C22H37N3. The Morgan fingerprint density at radius 2 is 1.32 bits per heavy atom. The number of likely N-dealkylation sites (N-methyl/N-ethyl adjacent to an activating group) is 1. The summed E-state index contributed by atoms with van der Waals surface area (Å²) in [4.78, 5) is 8.72. The molecule has 0 aliphatic carbocycles. The molecule has 1 aromatic carbocycles. The molecule has 0 amide bonds. The quantitative estimate of drug-likeness (QED) is 0.710. The summed E-state index contributed by atoms with van der Waals surface area (Å²) in [5.41, 5.74) is 3.91.